The second kappa shape index (κ2) is 6.99. The zero-order chi connectivity index (χ0) is 14.5. The predicted molar refractivity (Wildman–Crippen MR) is 73.4 cm³/mol. The number of nitrogens with two attached hydrogens (primary N) is 1. The highest BCUT2D eigenvalue weighted by atomic mass is 32.2. The lowest BCUT2D eigenvalue weighted by molar-refractivity contribution is -0.126. The lowest BCUT2D eigenvalue weighted by Gasteiger charge is -2.12. The Morgan fingerprint density at radius 3 is 2.74 bits per heavy atom. The fourth-order valence-electron chi connectivity index (χ4n) is 1.38. The minimum atomic E-state index is -3.68. The number of carbonyl (C=O) groups is 1. The van der Waals surface area contributed by atoms with Gasteiger partial charge in [-0.2, -0.15) is 0 Å². The zero-order valence-electron chi connectivity index (χ0n) is 10.9. The first-order chi connectivity index (χ1) is 8.84. The van der Waals surface area contributed by atoms with Crippen LogP contribution in [0.25, 0.3) is 0 Å². The number of primary sulfonamides is 1. The number of hydrogen-bond donors (Lipinski definition) is 2. The number of ether oxygens (including phenoxy) is 1. The van der Waals surface area contributed by atoms with E-state index in [0.29, 0.717) is 6.61 Å². The maximum absolute atomic E-state index is 11.5. The molecule has 108 valence electrons. The second-order valence-electron chi connectivity index (χ2n) is 4.04. The Morgan fingerprint density at radius 1 is 1.53 bits per heavy atom. The molecule has 0 aliphatic heterocycles. The van der Waals surface area contributed by atoms with Gasteiger partial charge >= 0.3 is 0 Å². The average Bonchev–Trinajstić information content (AvgIpc) is 2.78. The molecule has 1 unspecified atom stereocenters. The van der Waals surface area contributed by atoms with E-state index in [1.54, 1.807) is 13.0 Å². The number of amides is 1. The van der Waals surface area contributed by atoms with Gasteiger partial charge in [0.15, 0.2) is 0 Å². The first-order valence-electron chi connectivity index (χ1n) is 5.84. The van der Waals surface area contributed by atoms with Crippen molar-refractivity contribution < 1.29 is 17.9 Å². The summed E-state index contributed by atoms with van der Waals surface area (Å²) in [6.45, 7) is 4.28. The molecule has 0 bridgehead atoms. The Hall–Kier alpha value is -0.960. The summed E-state index contributed by atoms with van der Waals surface area (Å²) < 4.78 is 27.5. The Balaban J connectivity index is 2.56. The topological polar surface area (TPSA) is 98.5 Å². The van der Waals surface area contributed by atoms with Crippen LogP contribution in [0.2, 0.25) is 0 Å². The number of sulfonamides is 1. The van der Waals surface area contributed by atoms with E-state index in [1.807, 2.05) is 6.92 Å². The van der Waals surface area contributed by atoms with Crippen molar-refractivity contribution in [1.29, 1.82) is 0 Å². The van der Waals surface area contributed by atoms with Crippen LogP contribution in [0, 0.1) is 0 Å². The van der Waals surface area contributed by atoms with Gasteiger partial charge in [0.05, 0.1) is 6.04 Å². The normalized spacial score (nSPS) is 13.2. The molecule has 0 aliphatic rings. The van der Waals surface area contributed by atoms with E-state index >= 15 is 0 Å². The second-order valence-corrected chi connectivity index (χ2v) is 6.95. The molecule has 8 heteroatoms. The molecule has 1 heterocycles. The summed E-state index contributed by atoms with van der Waals surface area (Å²) in [4.78, 5) is 12.3. The molecule has 19 heavy (non-hydrogen) atoms. The van der Waals surface area contributed by atoms with E-state index in [-0.39, 0.29) is 22.8 Å². The number of nitrogens with one attached hydrogen (secondary N) is 1. The molecular formula is C11H18N2O4S2. The molecule has 6 nitrogen and oxygen atoms in total. The molecule has 1 aromatic heterocycles. The molecule has 0 saturated heterocycles. The van der Waals surface area contributed by atoms with Gasteiger partial charge < -0.3 is 10.1 Å². The average molecular weight is 306 g/mol. The molecule has 1 aromatic rings. The van der Waals surface area contributed by atoms with E-state index in [9.17, 15) is 13.2 Å². The predicted octanol–water partition coefficient (Wildman–Crippen LogP) is 0.999. The molecule has 0 saturated carbocycles. The Morgan fingerprint density at radius 2 is 2.21 bits per heavy atom. The van der Waals surface area contributed by atoms with Gasteiger partial charge in [-0.25, -0.2) is 13.6 Å². The highest BCUT2D eigenvalue weighted by Crippen LogP contribution is 2.25. The largest absolute Gasteiger partial charge is 0.372 e. The minimum absolute atomic E-state index is 0.00556. The molecular weight excluding hydrogens is 288 g/mol. The fraction of sp³-hybridized carbons (Fsp3) is 0.545. The summed E-state index contributed by atoms with van der Waals surface area (Å²) >= 11 is 1.05. The van der Waals surface area contributed by atoms with Crippen LogP contribution in [0.15, 0.2) is 16.3 Å². The van der Waals surface area contributed by atoms with Crippen LogP contribution in [0.3, 0.4) is 0 Å². The zero-order valence-corrected chi connectivity index (χ0v) is 12.5. The smallest absolute Gasteiger partial charge is 0.247 e. The maximum Gasteiger partial charge on any atom is 0.247 e. The Kier molecular flexibility index (Phi) is 5.92. The van der Waals surface area contributed by atoms with E-state index in [1.165, 1.54) is 6.07 Å². The number of thiophene rings is 1. The molecule has 1 amide bonds. The van der Waals surface area contributed by atoms with Gasteiger partial charge in [0.25, 0.3) is 0 Å². The van der Waals surface area contributed by atoms with Gasteiger partial charge in [0, 0.05) is 11.5 Å². The Bertz CT molecular complexity index is 525. The van der Waals surface area contributed by atoms with E-state index in [2.05, 4.69) is 5.32 Å². The minimum Gasteiger partial charge on any atom is -0.372 e. The van der Waals surface area contributed by atoms with Crippen LogP contribution >= 0.6 is 11.3 Å². The molecule has 3 N–H and O–H groups in total. The van der Waals surface area contributed by atoms with Crippen molar-refractivity contribution in [2.75, 3.05) is 13.2 Å². The van der Waals surface area contributed by atoms with Crippen LogP contribution in [-0.2, 0) is 19.6 Å². The molecule has 0 spiro atoms. The quantitative estimate of drug-likeness (QED) is 0.734. The monoisotopic (exact) mass is 306 g/mol. The summed E-state index contributed by atoms with van der Waals surface area (Å²) in [7, 11) is -3.68. The van der Waals surface area contributed by atoms with Gasteiger partial charge in [-0.05, 0) is 25.5 Å². The van der Waals surface area contributed by atoms with Crippen molar-refractivity contribution in [2.45, 2.75) is 30.5 Å². The van der Waals surface area contributed by atoms with E-state index in [0.717, 1.165) is 22.6 Å². The lowest BCUT2D eigenvalue weighted by Crippen LogP contribution is -2.29. The Labute approximate surface area is 117 Å². The molecule has 0 fully saturated rings. The van der Waals surface area contributed by atoms with Crippen LogP contribution in [0.1, 0.15) is 31.2 Å². The van der Waals surface area contributed by atoms with Crippen molar-refractivity contribution in [1.82, 2.24) is 5.32 Å². The van der Waals surface area contributed by atoms with Crippen molar-refractivity contribution in [3.63, 3.8) is 0 Å². The third kappa shape index (κ3) is 5.27. The molecule has 0 aromatic carbocycles. The molecule has 0 radical (unpaired) electrons. The third-order valence-electron chi connectivity index (χ3n) is 2.27. The lowest BCUT2D eigenvalue weighted by atomic mass is 10.3. The molecule has 0 aliphatic carbocycles. The fourth-order valence-corrected chi connectivity index (χ4v) is 3.13. The van der Waals surface area contributed by atoms with Crippen molar-refractivity contribution in [3.8, 4) is 0 Å². The van der Waals surface area contributed by atoms with Crippen LogP contribution < -0.4 is 10.5 Å². The number of carbonyl (C=O) groups excluding carboxylic acids is 1. The van der Waals surface area contributed by atoms with Gasteiger partial charge in [-0.3, -0.25) is 4.79 Å². The summed E-state index contributed by atoms with van der Waals surface area (Å²) in [6.07, 6.45) is 0.853. The van der Waals surface area contributed by atoms with Gasteiger partial charge in [0.2, 0.25) is 15.9 Å². The van der Waals surface area contributed by atoms with Crippen LogP contribution in [0.5, 0.6) is 0 Å². The van der Waals surface area contributed by atoms with E-state index < -0.39 is 10.0 Å². The highest BCUT2D eigenvalue weighted by molar-refractivity contribution is 7.91. The van der Waals surface area contributed by atoms with Gasteiger partial charge in [0.1, 0.15) is 10.8 Å². The number of rotatable bonds is 7. The van der Waals surface area contributed by atoms with Crippen LogP contribution in [-0.4, -0.2) is 27.5 Å². The summed E-state index contributed by atoms with van der Waals surface area (Å²) in [5.74, 6) is -0.230. The third-order valence-corrected chi connectivity index (χ3v) is 4.97. The molecule has 1 atom stereocenters. The number of hydrogen-bond acceptors (Lipinski definition) is 5. The first-order valence-corrected chi connectivity index (χ1v) is 8.20. The van der Waals surface area contributed by atoms with Crippen molar-refractivity contribution in [3.05, 3.63) is 17.0 Å². The molecule has 1 rings (SSSR count). The summed E-state index contributed by atoms with van der Waals surface area (Å²) in [6, 6.07) is 2.80. The summed E-state index contributed by atoms with van der Waals surface area (Å²) in [5.41, 5.74) is 0. The standard InChI is InChI=1S/C11H18N2O4S2/c1-3-6-17-7-10(14)13-8(2)9-4-5-11(18-9)19(12,15)16/h4-5,8H,3,6-7H2,1-2H3,(H,13,14)(H2,12,15,16). The van der Waals surface area contributed by atoms with Crippen molar-refractivity contribution in [2.24, 2.45) is 5.14 Å². The van der Waals surface area contributed by atoms with Crippen molar-refractivity contribution >= 4 is 27.3 Å². The maximum atomic E-state index is 11.5. The highest BCUT2D eigenvalue weighted by Gasteiger charge is 2.16. The van der Waals surface area contributed by atoms with Gasteiger partial charge in [-0.1, -0.05) is 6.92 Å². The van der Waals surface area contributed by atoms with Gasteiger partial charge in [-0.15, -0.1) is 11.3 Å². The summed E-state index contributed by atoms with van der Waals surface area (Å²) in [5, 5.41) is 7.76. The first kappa shape index (κ1) is 16.1. The van der Waals surface area contributed by atoms with E-state index in [4.69, 9.17) is 9.88 Å². The van der Waals surface area contributed by atoms with Crippen LogP contribution in [0.4, 0.5) is 0 Å². The SMILES string of the molecule is CCCOCC(=O)NC(C)c1ccc(S(N)(=O)=O)s1.